The van der Waals surface area contributed by atoms with Crippen LogP contribution in [0.15, 0.2) is 35.5 Å². The summed E-state index contributed by atoms with van der Waals surface area (Å²) in [5, 5.41) is 0.497. The summed E-state index contributed by atoms with van der Waals surface area (Å²) in [6.07, 6.45) is 3.49. The lowest BCUT2D eigenvalue weighted by atomic mass is 10.1. The Kier molecular flexibility index (Phi) is 5.39. The fourth-order valence-corrected chi connectivity index (χ4v) is 2.36. The van der Waals surface area contributed by atoms with Crippen molar-refractivity contribution in [3.8, 4) is 11.6 Å². The van der Waals surface area contributed by atoms with Crippen LogP contribution in [-0.2, 0) is 0 Å². The molecule has 0 saturated heterocycles. The third kappa shape index (κ3) is 3.57. The molecule has 0 atom stereocenters. The molecule has 2 aromatic rings. The van der Waals surface area contributed by atoms with Crippen LogP contribution in [-0.4, -0.2) is 24.9 Å². The lowest BCUT2D eigenvalue weighted by molar-refractivity contribution is 0.459. The fourth-order valence-electron chi connectivity index (χ4n) is 2.20. The molecule has 1 aromatic carbocycles. The fraction of sp³-hybridized carbons (Fsp3) is 0.294. The number of anilines is 1. The number of ether oxygens (including phenoxy) is 1. The molecule has 4 nitrogen and oxygen atoms in total. The molecular weight excluding hydrogens is 298 g/mol. The van der Waals surface area contributed by atoms with Crippen molar-refractivity contribution in [3.63, 3.8) is 0 Å². The summed E-state index contributed by atoms with van der Waals surface area (Å²) in [5.41, 5.74) is 3.24. The van der Waals surface area contributed by atoms with E-state index in [9.17, 15) is 0 Å². The van der Waals surface area contributed by atoms with Crippen molar-refractivity contribution in [1.29, 1.82) is 0 Å². The van der Waals surface area contributed by atoms with Crippen LogP contribution >= 0.6 is 11.6 Å². The molecule has 0 aliphatic carbocycles. The normalized spacial score (nSPS) is 11.0. The van der Waals surface area contributed by atoms with Gasteiger partial charge in [-0.3, -0.25) is 4.99 Å². The molecule has 116 valence electrons. The van der Waals surface area contributed by atoms with Crippen molar-refractivity contribution in [2.45, 2.75) is 20.8 Å². The van der Waals surface area contributed by atoms with Crippen molar-refractivity contribution in [3.05, 3.63) is 46.6 Å². The molecule has 22 heavy (non-hydrogen) atoms. The van der Waals surface area contributed by atoms with Crippen LogP contribution in [0.25, 0.3) is 0 Å². The van der Waals surface area contributed by atoms with Gasteiger partial charge < -0.3 is 9.64 Å². The monoisotopic (exact) mass is 317 g/mol. The first-order valence-corrected chi connectivity index (χ1v) is 7.53. The summed E-state index contributed by atoms with van der Waals surface area (Å²) in [7, 11) is 1.77. The Hall–Kier alpha value is -2.07. The molecule has 0 fully saturated rings. The maximum Gasteiger partial charge on any atom is 0.238 e. The van der Waals surface area contributed by atoms with E-state index in [2.05, 4.69) is 27.9 Å². The number of aliphatic imine (C=N–C) groups is 1. The highest BCUT2D eigenvalue weighted by Crippen LogP contribution is 2.33. The Morgan fingerprint density at radius 3 is 2.73 bits per heavy atom. The molecule has 1 heterocycles. The van der Waals surface area contributed by atoms with E-state index in [1.54, 1.807) is 25.4 Å². The lowest BCUT2D eigenvalue weighted by Crippen LogP contribution is -2.21. The summed E-state index contributed by atoms with van der Waals surface area (Å²) < 4.78 is 5.85. The third-order valence-corrected chi connectivity index (χ3v) is 3.62. The topological polar surface area (TPSA) is 37.7 Å². The second-order valence-electron chi connectivity index (χ2n) is 4.96. The maximum absolute atomic E-state index is 6.10. The molecule has 5 heteroatoms. The predicted octanol–water partition coefficient (Wildman–Crippen LogP) is 4.63. The number of aromatic nitrogens is 1. The minimum atomic E-state index is 0.418. The molecule has 0 unspecified atom stereocenters. The summed E-state index contributed by atoms with van der Waals surface area (Å²) in [6, 6.07) is 7.63. The van der Waals surface area contributed by atoms with Crippen LogP contribution in [0, 0.1) is 13.8 Å². The van der Waals surface area contributed by atoms with Crippen LogP contribution in [0.2, 0.25) is 5.02 Å². The second-order valence-corrected chi connectivity index (χ2v) is 5.36. The molecule has 0 aliphatic rings. The molecule has 2 rings (SSSR count). The Morgan fingerprint density at radius 1 is 1.32 bits per heavy atom. The molecule has 0 aliphatic heterocycles. The largest absolute Gasteiger partial charge is 0.437 e. The highest BCUT2D eigenvalue weighted by molar-refractivity contribution is 6.31. The minimum absolute atomic E-state index is 0.418. The van der Waals surface area contributed by atoms with Crippen LogP contribution in [0.5, 0.6) is 11.6 Å². The van der Waals surface area contributed by atoms with Gasteiger partial charge in [0.05, 0.1) is 6.34 Å². The van der Waals surface area contributed by atoms with E-state index in [0.717, 1.165) is 29.1 Å². The molecule has 0 bridgehead atoms. The van der Waals surface area contributed by atoms with E-state index < -0.39 is 0 Å². The van der Waals surface area contributed by atoms with Crippen molar-refractivity contribution < 1.29 is 4.74 Å². The Balaban J connectivity index is 2.36. The Morgan fingerprint density at radius 2 is 2.09 bits per heavy atom. The number of benzene rings is 1. The number of hydrogen-bond donors (Lipinski definition) is 0. The van der Waals surface area contributed by atoms with Crippen molar-refractivity contribution in [2.75, 3.05) is 18.5 Å². The van der Waals surface area contributed by atoms with E-state index >= 15 is 0 Å². The van der Waals surface area contributed by atoms with Gasteiger partial charge in [-0.15, -0.1) is 0 Å². The van der Waals surface area contributed by atoms with Crippen molar-refractivity contribution in [1.82, 2.24) is 4.98 Å². The zero-order valence-electron chi connectivity index (χ0n) is 13.3. The molecule has 0 spiro atoms. The predicted molar refractivity (Wildman–Crippen MR) is 92.7 cm³/mol. The summed E-state index contributed by atoms with van der Waals surface area (Å²) in [5.74, 6) is 1.17. The third-order valence-electron chi connectivity index (χ3n) is 3.33. The maximum atomic E-state index is 6.10. The average molecular weight is 318 g/mol. The number of aryl methyl sites for hydroxylation is 2. The van der Waals surface area contributed by atoms with Gasteiger partial charge in [0.15, 0.2) is 0 Å². The second kappa shape index (κ2) is 7.27. The van der Waals surface area contributed by atoms with Gasteiger partial charge in [-0.2, -0.15) is 0 Å². The van der Waals surface area contributed by atoms with Gasteiger partial charge in [0.1, 0.15) is 10.8 Å². The van der Waals surface area contributed by atoms with E-state index in [-0.39, 0.29) is 0 Å². The number of pyridine rings is 1. The van der Waals surface area contributed by atoms with Gasteiger partial charge in [-0.1, -0.05) is 11.6 Å². The minimum Gasteiger partial charge on any atom is -0.437 e. The summed E-state index contributed by atoms with van der Waals surface area (Å²) in [4.78, 5) is 10.4. The van der Waals surface area contributed by atoms with Gasteiger partial charge in [-0.05, 0) is 56.2 Å². The van der Waals surface area contributed by atoms with Crippen molar-refractivity contribution >= 4 is 23.6 Å². The Bertz CT molecular complexity index is 686. The highest BCUT2D eigenvalue weighted by atomic mass is 35.5. The van der Waals surface area contributed by atoms with Crippen LogP contribution in [0.3, 0.4) is 0 Å². The van der Waals surface area contributed by atoms with Crippen LogP contribution < -0.4 is 9.64 Å². The molecule has 0 radical (unpaired) electrons. The van der Waals surface area contributed by atoms with E-state index in [4.69, 9.17) is 16.3 Å². The van der Waals surface area contributed by atoms with E-state index in [1.165, 1.54) is 0 Å². The molecule has 1 aromatic heterocycles. The standard InChI is InChI=1S/C17H20ClN3O/c1-5-21(11-19-4)15-9-13(3)16(10-12(15)2)22-17-14(18)7-6-8-20-17/h6-11H,5H2,1-4H3. The SMILES string of the molecule is CCN(C=NC)c1cc(C)c(Oc2ncccc2Cl)cc1C. The molecule has 0 N–H and O–H groups in total. The van der Waals surface area contributed by atoms with E-state index in [1.807, 2.05) is 26.3 Å². The van der Waals surface area contributed by atoms with Gasteiger partial charge >= 0.3 is 0 Å². The zero-order valence-corrected chi connectivity index (χ0v) is 14.1. The Labute approximate surface area is 136 Å². The number of hydrogen-bond acceptors (Lipinski definition) is 3. The van der Waals surface area contributed by atoms with Crippen molar-refractivity contribution in [2.24, 2.45) is 4.99 Å². The zero-order chi connectivity index (χ0) is 16.1. The van der Waals surface area contributed by atoms with Gasteiger partial charge in [0.2, 0.25) is 5.88 Å². The molecule has 0 saturated carbocycles. The first kappa shape index (κ1) is 16.3. The van der Waals surface area contributed by atoms with Crippen LogP contribution in [0.1, 0.15) is 18.1 Å². The summed E-state index contributed by atoms with van der Waals surface area (Å²) in [6.45, 7) is 7.00. The molecular formula is C17H20ClN3O. The highest BCUT2D eigenvalue weighted by Gasteiger charge is 2.12. The number of nitrogens with zero attached hydrogens (tertiary/aromatic N) is 3. The van der Waals surface area contributed by atoms with Gasteiger partial charge in [-0.25, -0.2) is 4.98 Å². The number of halogens is 1. The smallest absolute Gasteiger partial charge is 0.238 e. The quantitative estimate of drug-likeness (QED) is 0.596. The summed E-state index contributed by atoms with van der Waals surface area (Å²) >= 11 is 6.10. The van der Waals surface area contributed by atoms with Gasteiger partial charge in [0.25, 0.3) is 0 Å². The first-order valence-electron chi connectivity index (χ1n) is 7.15. The molecule has 0 amide bonds. The lowest BCUT2D eigenvalue weighted by Gasteiger charge is -2.21. The first-order chi connectivity index (χ1) is 10.6. The van der Waals surface area contributed by atoms with Gasteiger partial charge in [0, 0.05) is 25.5 Å². The van der Waals surface area contributed by atoms with E-state index in [0.29, 0.717) is 10.9 Å². The average Bonchev–Trinajstić information content (AvgIpc) is 2.50. The number of rotatable bonds is 5. The van der Waals surface area contributed by atoms with Crippen LogP contribution in [0.4, 0.5) is 5.69 Å².